The second kappa shape index (κ2) is 9.01. The summed E-state index contributed by atoms with van der Waals surface area (Å²) < 4.78 is 21.9. The number of hydrogen-bond acceptors (Lipinski definition) is 5. The van der Waals surface area contributed by atoms with Crippen LogP contribution in [0.3, 0.4) is 0 Å². The molecule has 1 fully saturated rings. The van der Waals surface area contributed by atoms with E-state index in [0.717, 1.165) is 0 Å². The molecule has 5 nitrogen and oxygen atoms in total. The molecule has 1 rings (SSSR count). The van der Waals surface area contributed by atoms with Gasteiger partial charge in [-0.15, -0.1) is 11.5 Å². The zero-order chi connectivity index (χ0) is 16.6. The van der Waals surface area contributed by atoms with Crippen LogP contribution in [0.5, 0.6) is 0 Å². The van der Waals surface area contributed by atoms with Crippen LogP contribution >= 0.6 is 0 Å². The summed E-state index contributed by atoms with van der Waals surface area (Å²) in [5, 5.41) is 9.74. The summed E-state index contributed by atoms with van der Waals surface area (Å²) in [5.74, 6) is 2.53. The van der Waals surface area contributed by atoms with Gasteiger partial charge in [0.25, 0.3) is 0 Å². The second-order valence-corrected chi connectivity index (χ2v) is 11.8. The van der Waals surface area contributed by atoms with Gasteiger partial charge in [0.05, 0.1) is 39.1 Å². The summed E-state index contributed by atoms with van der Waals surface area (Å²) in [6, 6.07) is 0. The second-order valence-electron chi connectivity index (χ2n) is 7.01. The van der Waals surface area contributed by atoms with Crippen LogP contribution in [-0.4, -0.2) is 64.2 Å². The fourth-order valence-corrected chi connectivity index (χ4v) is 2.52. The standard InChI is InChI=1S/C16H30O5Si/c1-16(2)20-13-15(21-16)12-19-9-8-18-11-14(17)7-6-10-22(3,4)5/h14-15,17H,7-9,11-13H2,1-5H3/t14-,15-/m1/s1. The molecule has 1 heterocycles. The SMILES string of the molecule is CC1(C)OC[C@@H](COCCOC[C@H](O)CC#C[Si](C)(C)C)O1. The maximum Gasteiger partial charge on any atom is 0.163 e. The lowest BCUT2D eigenvalue weighted by atomic mass is 10.3. The van der Waals surface area contributed by atoms with Gasteiger partial charge in [-0.25, -0.2) is 0 Å². The van der Waals surface area contributed by atoms with Gasteiger partial charge in [-0.1, -0.05) is 19.6 Å². The van der Waals surface area contributed by atoms with Crippen molar-refractivity contribution in [3.63, 3.8) is 0 Å². The zero-order valence-corrected chi connectivity index (χ0v) is 15.5. The van der Waals surface area contributed by atoms with Gasteiger partial charge in [-0.2, -0.15) is 0 Å². The molecule has 6 heteroatoms. The van der Waals surface area contributed by atoms with Gasteiger partial charge in [-0.3, -0.25) is 0 Å². The average molecular weight is 330 g/mol. The van der Waals surface area contributed by atoms with E-state index in [2.05, 4.69) is 31.1 Å². The van der Waals surface area contributed by atoms with E-state index in [-0.39, 0.29) is 6.10 Å². The van der Waals surface area contributed by atoms with Crippen LogP contribution < -0.4 is 0 Å². The van der Waals surface area contributed by atoms with E-state index >= 15 is 0 Å². The largest absolute Gasteiger partial charge is 0.390 e. The summed E-state index contributed by atoms with van der Waals surface area (Å²) in [6.07, 6.45) is -0.0818. The molecule has 1 aliphatic heterocycles. The molecule has 22 heavy (non-hydrogen) atoms. The smallest absolute Gasteiger partial charge is 0.163 e. The Labute approximate surface area is 135 Å². The summed E-state index contributed by atoms with van der Waals surface area (Å²) >= 11 is 0. The first-order chi connectivity index (χ1) is 10.2. The van der Waals surface area contributed by atoms with Crippen molar-refractivity contribution in [2.45, 2.75) is 57.9 Å². The van der Waals surface area contributed by atoms with Crippen molar-refractivity contribution in [3.8, 4) is 11.5 Å². The highest BCUT2D eigenvalue weighted by molar-refractivity contribution is 6.83. The third-order valence-electron chi connectivity index (χ3n) is 2.85. The van der Waals surface area contributed by atoms with E-state index in [9.17, 15) is 5.11 Å². The molecule has 0 aromatic rings. The Bertz CT molecular complexity index is 380. The zero-order valence-electron chi connectivity index (χ0n) is 14.5. The minimum Gasteiger partial charge on any atom is -0.390 e. The normalized spacial score (nSPS) is 22.2. The molecule has 1 N–H and O–H groups in total. The maximum absolute atomic E-state index is 9.74. The molecule has 1 aliphatic rings. The Kier molecular flexibility index (Phi) is 8.04. The van der Waals surface area contributed by atoms with Crippen LogP contribution in [0.1, 0.15) is 20.3 Å². The minimum absolute atomic E-state index is 0.0163. The van der Waals surface area contributed by atoms with Crippen molar-refractivity contribution < 1.29 is 24.1 Å². The molecule has 0 aromatic heterocycles. The number of rotatable bonds is 8. The summed E-state index contributed by atoms with van der Waals surface area (Å²) in [6.45, 7) is 12.6. The highest BCUT2D eigenvalue weighted by atomic mass is 28.3. The van der Waals surface area contributed by atoms with Gasteiger partial charge >= 0.3 is 0 Å². The van der Waals surface area contributed by atoms with E-state index < -0.39 is 20.0 Å². The van der Waals surface area contributed by atoms with Gasteiger partial charge in [0.1, 0.15) is 14.2 Å². The predicted octanol–water partition coefficient (Wildman–Crippen LogP) is 1.80. The Morgan fingerprint density at radius 3 is 2.55 bits per heavy atom. The fourth-order valence-electron chi connectivity index (χ4n) is 1.89. The topological polar surface area (TPSA) is 57.2 Å². The van der Waals surface area contributed by atoms with Gasteiger partial charge in [0, 0.05) is 6.42 Å². The molecule has 0 aliphatic carbocycles. The summed E-state index contributed by atoms with van der Waals surface area (Å²) in [5.41, 5.74) is 3.22. The number of aliphatic hydroxyl groups is 1. The Morgan fingerprint density at radius 2 is 1.95 bits per heavy atom. The summed E-state index contributed by atoms with van der Waals surface area (Å²) in [4.78, 5) is 0. The maximum atomic E-state index is 9.74. The number of hydrogen-bond donors (Lipinski definition) is 1. The van der Waals surface area contributed by atoms with E-state index in [1.165, 1.54) is 0 Å². The van der Waals surface area contributed by atoms with Gasteiger partial charge in [0.2, 0.25) is 0 Å². The highest BCUT2D eigenvalue weighted by Gasteiger charge is 2.32. The number of ether oxygens (including phenoxy) is 4. The van der Waals surface area contributed by atoms with E-state index in [4.69, 9.17) is 18.9 Å². The van der Waals surface area contributed by atoms with Crippen LogP contribution in [0.25, 0.3) is 0 Å². The lowest BCUT2D eigenvalue weighted by Crippen LogP contribution is -2.25. The molecule has 0 spiro atoms. The highest BCUT2D eigenvalue weighted by Crippen LogP contribution is 2.22. The van der Waals surface area contributed by atoms with E-state index in [1.807, 2.05) is 13.8 Å². The number of aliphatic hydroxyl groups excluding tert-OH is 1. The molecule has 0 saturated carbocycles. The van der Waals surface area contributed by atoms with Crippen LogP contribution in [0.2, 0.25) is 19.6 Å². The monoisotopic (exact) mass is 330 g/mol. The molecule has 0 unspecified atom stereocenters. The fraction of sp³-hybridized carbons (Fsp3) is 0.875. The van der Waals surface area contributed by atoms with Crippen molar-refractivity contribution in [3.05, 3.63) is 0 Å². The quantitative estimate of drug-likeness (QED) is 0.418. The van der Waals surface area contributed by atoms with Crippen molar-refractivity contribution in [1.82, 2.24) is 0 Å². The van der Waals surface area contributed by atoms with Crippen LogP contribution in [0.15, 0.2) is 0 Å². The molecule has 2 atom stereocenters. The first-order valence-corrected chi connectivity index (χ1v) is 11.3. The lowest BCUT2D eigenvalue weighted by Gasteiger charge is -2.17. The molecular weight excluding hydrogens is 300 g/mol. The summed E-state index contributed by atoms with van der Waals surface area (Å²) in [7, 11) is -1.35. The first kappa shape index (κ1) is 19.6. The van der Waals surface area contributed by atoms with Crippen molar-refractivity contribution >= 4 is 8.07 Å². The average Bonchev–Trinajstić information content (AvgIpc) is 2.71. The third-order valence-corrected chi connectivity index (χ3v) is 3.78. The predicted molar refractivity (Wildman–Crippen MR) is 88.3 cm³/mol. The molecular formula is C16H30O5Si. The van der Waals surface area contributed by atoms with Crippen molar-refractivity contribution in [2.24, 2.45) is 0 Å². The van der Waals surface area contributed by atoms with E-state index in [1.54, 1.807) is 0 Å². The van der Waals surface area contributed by atoms with Gasteiger partial charge in [0.15, 0.2) is 5.79 Å². The molecule has 0 radical (unpaired) electrons. The van der Waals surface area contributed by atoms with Gasteiger partial charge in [-0.05, 0) is 13.8 Å². The van der Waals surface area contributed by atoms with Gasteiger partial charge < -0.3 is 24.1 Å². The van der Waals surface area contributed by atoms with Crippen LogP contribution in [0, 0.1) is 11.5 Å². The van der Waals surface area contributed by atoms with Crippen LogP contribution in [0.4, 0.5) is 0 Å². The lowest BCUT2D eigenvalue weighted by molar-refractivity contribution is -0.145. The molecule has 0 aromatic carbocycles. The molecule has 128 valence electrons. The molecule has 0 bridgehead atoms. The van der Waals surface area contributed by atoms with Crippen molar-refractivity contribution in [1.29, 1.82) is 0 Å². The van der Waals surface area contributed by atoms with Crippen LogP contribution in [-0.2, 0) is 18.9 Å². The molecule has 1 saturated heterocycles. The first-order valence-electron chi connectivity index (χ1n) is 7.83. The van der Waals surface area contributed by atoms with E-state index in [0.29, 0.717) is 39.5 Å². The Morgan fingerprint density at radius 1 is 1.27 bits per heavy atom. The minimum atomic E-state index is -1.35. The molecule has 0 amide bonds. The van der Waals surface area contributed by atoms with Crippen molar-refractivity contribution in [2.75, 3.05) is 33.0 Å². The Balaban J connectivity index is 1.98. The Hall–Kier alpha value is -0.423. The third kappa shape index (κ3) is 9.56.